The van der Waals surface area contributed by atoms with Gasteiger partial charge >= 0.3 is 12.1 Å². The summed E-state index contributed by atoms with van der Waals surface area (Å²) in [7, 11) is 0. The Bertz CT molecular complexity index is 1580. The zero-order valence-corrected chi connectivity index (χ0v) is 26.8. The molecule has 2 N–H and O–H groups in total. The maximum atomic E-state index is 13.5. The number of aliphatic hydroxyl groups excluding tert-OH is 1. The van der Waals surface area contributed by atoms with Crippen LogP contribution in [0.4, 0.5) is 4.79 Å². The molecule has 3 aromatic rings. The Kier molecular flexibility index (Phi) is 9.00. The highest BCUT2D eigenvalue weighted by Gasteiger charge is 2.48. The van der Waals surface area contributed by atoms with Crippen molar-refractivity contribution < 1.29 is 24.2 Å². The van der Waals surface area contributed by atoms with Crippen molar-refractivity contribution >= 4 is 17.8 Å². The van der Waals surface area contributed by atoms with Crippen LogP contribution in [-0.4, -0.2) is 48.0 Å². The van der Waals surface area contributed by atoms with Gasteiger partial charge in [-0.25, -0.2) is 19.1 Å². The molecular formula is C34H45N5O5. The summed E-state index contributed by atoms with van der Waals surface area (Å²) in [5.41, 5.74) is 3.98. The quantitative estimate of drug-likeness (QED) is 0.277. The van der Waals surface area contributed by atoms with Gasteiger partial charge in [0.2, 0.25) is 0 Å². The first-order valence-electron chi connectivity index (χ1n) is 15.8. The molecule has 1 saturated carbocycles. The average molecular weight is 604 g/mol. The van der Waals surface area contributed by atoms with E-state index in [1.54, 1.807) is 4.52 Å². The zero-order valence-electron chi connectivity index (χ0n) is 26.8. The molecule has 1 aromatic carbocycles. The number of benzene rings is 1. The van der Waals surface area contributed by atoms with Gasteiger partial charge < -0.3 is 19.9 Å². The number of amides is 1. The number of aromatic nitrogens is 4. The van der Waals surface area contributed by atoms with Crippen molar-refractivity contribution in [3.8, 4) is 0 Å². The summed E-state index contributed by atoms with van der Waals surface area (Å²) in [5, 5.41) is 18.7. The lowest BCUT2D eigenvalue weighted by Crippen LogP contribution is -2.46. The lowest BCUT2D eigenvalue weighted by molar-refractivity contribution is -0.167. The van der Waals surface area contributed by atoms with Crippen molar-refractivity contribution in [2.75, 3.05) is 0 Å². The number of nitrogens with zero attached hydrogens (tertiary/aromatic N) is 4. The molecule has 1 fully saturated rings. The molecule has 0 saturated heterocycles. The lowest BCUT2D eigenvalue weighted by Gasteiger charge is -2.41. The Balaban J connectivity index is 1.32. The predicted octanol–water partition coefficient (Wildman–Crippen LogP) is 6.19. The minimum Gasteiger partial charge on any atom is -0.512 e. The fourth-order valence-corrected chi connectivity index (χ4v) is 6.60. The molecule has 44 heavy (non-hydrogen) atoms. The van der Waals surface area contributed by atoms with Crippen molar-refractivity contribution in [3.05, 3.63) is 69.5 Å². The smallest absolute Gasteiger partial charge is 0.407 e. The molecule has 10 heteroatoms. The van der Waals surface area contributed by atoms with Gasteiger partial charge in [0, 0.05) is 30.8 Å². The van der Waals surface area contributed by atoms with E-state index in [1.807, 2.05) is 40.7 Å². The number of carbonyl (C=O) groups excluding carboxylic acids is 2. The van der Waals surface area contributed by atoms with Crippen LogP contribution in [0.3, 0.4) is 0 Å². The average Bonchev–Trinajstić information content (AvgIpc) is 3.63. The number of aryl methyl sites for hydroxylation is 4. The van der Waals surface area contributed by atoms with Gasteiger partial charge in [-0.1, -0.05) is 38.0 Å². The topological polar surface area (TPSA) is 128 Å². The highest BCUT2D eigenvalue weighted by Crippen LogP contribution is 2.46. The van der Waals surface area contributed by atoms with Gasteiger partial charge in [-0.3, -0.25) is 0 Å². The number of alkyl carbamates (subject to hydrolysis) is 1. The first-order chi connectivity index (χ1) is 20.9. The molecule has 0 radical (unpaired) electrons. The van der Waals surface area contributed by atoms with Gasteiger partial charge in [-0.15, -0.1) is 5.10 Å². The third-order valence-corrected chi connectivity index (χ3v) is 8.76. The number of hydrogen-bond acceptors (Lipinski definition) is 8. The van der Waals surface area contributed by atoms with Gasteiger partial charge in [0.05, 0.1) is 5.57 Å². The number of cyclic esters (lactones) is 1. The third-order valence-electron chi connectivity index (χ3n) is 8.76. The van der Waals surface area contributed by atoms with Crippen molar-refractivity contribution in [2.24, 2.45) is 5.92 Å². The number of hydrogen-bond donors (Lipinski definition) is 2. The fraction of sp³-hybridized carbons (Fsp3) is 0.559. The van der Waals surface area contributed by atoms with Crippen molar-refractivity contribution in [2.45, 2.75) is 117 Å². The number of rotatable bonds is 9. The van der Waals surface area contributed by atoms with E-state index in [2.05, 4.69) is 45.5 Å². The molecule has 236 valence electrons. The summed E-state index contributed by atoms with van der Waals surface area (Å²) in [5.74, 6) is 0.677. The Morgan fingerprint density at radius 2 is 1.91 bits per heavy atom. The number of carbonyl (C=O) groups is 2. The minimum atomic E-state index is -0.758. The van der Waals surface area contributed by atoms with Crippen LogP contribution in [0.1, 0.15) is 100 Å². The predicted molar refractivity (Wildman–Crippen MR) is 166 cm³/mol. The normalized spacial score (nSPS) is 19.5. The van der Waals surface area contributed by atoms with Gasteiger partial charge in [-0.05, 0) is 95.4 Å². The van der Waals surface area contributed by atoms with Crippen molar-refractivity contribution in [1.82, 2.24) is 24.9 Å². The maximum absolute atomic E-state index is 13.5. The summed E-state index contributed by atoms with van der Waals surface area (Å²) < 4.78 is 13.4. The molecule has 1 amide bonds. The summed E-state index contributed by atoms with van der Waals surface area (Å²) in [6, 6.07) is 8.22. The van der Waals surface area contributed by atoms with E-state index in [1.165, 1.54) is 0 Å². The van der Waals surface area contributed by atoms with Gasteiger partial charge in [-0.2, -0.15) is 4.98 Å². The minimum absolute atomic E-state index is 0.0747. The van der Waals surface area contributed by atoms with Crippen LogP contribution in [-0.2, 0) is 40.1 Å². The highest BCUT2D eigenvalue weighted by atomic mass is 16.6. The fourth-order valence-electron chi connectivity index (χ4n) is 6.60. The van der Waals surface area contributed by atoms with Crippen LogP contribution in [0.15, 0.2) is 35.6 Å². The Hall–Kier alpha value is -3.95. The Morgan fingerprint density at radius 3 is 2.59 bits per heavy atom. The second-order valence-corrected chi connectivity index (χ2v) is 13.3. The van der Waals surface area contributed by atoms with Gasteiger partial charge in [0.25, 0.3) is 5.78 Å². The van der Waals surface area contributed by atoms with Gasteiger partial charge in [0.15, 0.2) is 5.82 Å². The van der Waals surface area contributed by atoms with Crippen LogP contribution in [0.5, 0.6) is 0 Å². The van der Waals surface area contributed by atoms with Crippen molar-refractivity contribution in [3.63, 3.8) is 0 Å². The Labute approximate surface area is 259 Å². The largest absolute Gasteiger partial charge is 0.512 e. The van der Waals surface area contributed by atoms with E-state index in [9.17, 15) is 14.7 Å². The zero-order chi connectivity index (χ0) is 31.6. The number of esters is 1. The molecule has 10 nitrogen and oxygen atoms in total. The van der Waals surface area contributed by atoms with E-state index in [0.717, 1.165) is 60.2 Å². The molecule has 2 aromatic heterocycles. The summed E-state index contributed by atoms with van der Waals surface area (Å²) in [4.78, 5) is 34.6. The van der Waals surface area contributed by atoms with Crippen LogP contribution in [0, 0.1) is 19.8 Å². The molecular weight excluding hydrogens is 558 g/mol. The van der Waals surface area contributed by atoms with E-state index in [0.29, 0.717) is 37.4 Å². The molecule has 2 aliphatic rings. The first-order valence-corrected chi connectivity index (χ1v) is 15.8. The molecule has 1 aliphatic heterocycles. The van der Waals surface area contributed by atoms with E-state index >= 15 is 0 Å². The third kappa shape index (κ3) is 7.05. The van der Waals surface area contributed by atoms with Crippen molar-refractivity contribution in [1.29, 1.82) is 0 Å². The Morgan fingerprint density at radius 1 is 1.16 bits per heavy atom. The van der Waals surface area contributed by atoms with E-state index in [-0.39, 0.29) is 23.7 Å². The van der Waals surface area contributed by atoms with Crippen LogP contribution in [0.2, 0.25) is 0 Å². The number of ether oxygens (including phenoxy) is 2. The first kappa shape index (κ1) is 31.5. The number of aliphatic hydroxyl groups is 1. The second kappa shape index (κ2) is 12.6. The molecule has 0 bridgehead atoms. The second-order valence-electron chi connectivity index (χ2n) is 13.3. The van der Waals surface area contributed by atoms with Crippen LogP contribution < -0.4 is 5.32 Å². The monoisotopic (exact) mass is 603 g/mol. The summed E-state index contributed by atoms with van der Waals surface area (Å²) in [6.45, 7) is 11.8. The SMILES string of the molecule is CCc1cc(CCC2(C3CCCC3)CC(O)=C(Cc3nc4nc(C)cc(C)n4n3)C(=O)O2)ccc1CNC(=O)OC(C)(C)C. The maximum Gasteiger partial charge on any atom is 0.407 e. The van der Waals surface area contributed by atoms with Gasteiger partial charge in [0.1, 0.15) is 17.0 Å². The van der Waals surface area contributed by atoms with E-state index in [4.69, 9.17) is 9.47 Å². The molecule has 3 heterocycles. The molecule has 5 rings (SSSR count). The summed E-state index contributed by atoms with van der Waals surface area (Å²) >= 11 is 0. The molecule has 0 spiro atoms. The van der Waals surface area contributed by atoms with Crippen LogP contribution >= 0.6 is 0 Å². The highest BCUT2D eigenvalue weighted by molar-refractivity contribution is 5.90. The standard InChI is InChI=1S/C34H45N5O5/c1-7-24-17-23(12-13-25(24)20-35-32(42)44-33(4,5)6)14-15-34(26-10-8-9-11-26)19-28(40)27(30(41)43-34)18-29-37-31-36-21(2)16-22(3)39(31)38-29/h12-13,16-17,26,40H,7-11,14-15,18-20H2,1-6H3,(H,35,42). The van der Waals surface area contributed by atoms with E-state index < -0.39 is 23.3 Å². The molecule has 1 unspecified atom stereocenters. The molecule has 1 aliphatic carbocycles. The summed E-state index contributed by atoms with van der Waals surface area (Å²) in [6.07, 6.45) is 6.23. The number of nitrogens with one attached hydrogen (secondary N) is 1. The number of fused-ring (bicyclic) bond motifs is 1. The lowest BCUT2D eigenvalue weighted by atomic mass is 9.76. The molecule has 1 atom stereocenters. The van der Waals surface area contributed by atoms with Crippen LogP contribution in [0.25, 0.3) is 5.78 Å².